The van der Waals surface area contributed by atoms with Gasteiger partial charge in [0.2, 0.25) is 11.8 Å². The number of benzene rings is 1. The van der Waals surface area contributed by atoms with Gasteiger partial charge in [0.15, 0.2) is 0 Å². The minimum atomic E-state index is 0. The number of carbonyl (C=O) groups excluding carboxylic acids is 2. The number of hydrogen-bond acceptors (Lipinski definition) is 4. The highest BCUT2D eigenvalue weighted by atomic mass is 35.5. The highest BCUT2D eigenvalue weighted by molar-refractivity contribution is 5.86. The van der Waals surface area contributed by atoms with Crippen molar-refractivity contribution in [3.8, 4) is 0 Å². The summed E-state index contributed by atoms with van der Waals surface area (Å²) in [7, 11) is 0. The molecule has 0 spiro atoms. The number of fused-ring (bicyclic) bond motifs is 2. The number of para-hydroxylation sites is 1. The molecular weight excluding hydrogens is 411 g/mol. The van der Waals surface area contributed by atoms with Gasteiger partial charge in [-0.3, -0.25) is 9.59 Å². The van der Waals surface area contributed by atoms with E-state index in [9.17, 15) is 9.59 Å². The first-order valence-electron chi connectivity index (χ1n) is 10.3. The zero-order chi connectivity index (χ0) is 18.6. The molecule has 0 aromatic heterocycles. The third-order valence-corrected chi connectivity index (χ3v) is 6.24. The second-order valence-corrected chi connectivity index (χ2v) is 8.16. The van der Waals surface area contributed by atoms with E-state index in [1.165, 1.54) is 18.5 Å². The molecule has 0 saturated carbocycles. The lowest BCUT2D eigenvalue weighted by Gasteiger charge is -2.36. The van der Waals surface area contributed by atoms with Crippen LogP contribution in [0.3, 0.4) is 0 Å². The van der Waals surface area contributed by atoms with Crippen LogP contribution in [0.25, 0.3) is 0 Å². The molecule has 3 saturated heterocycles. The Morgan fingerprint density at radius 2 is 1.59 bits per heavy atom. The highest BCUT2D eigenvalue weighted by Crippen LogP contribution is 2.32. The minimum absolute atomic E-state index is 0. The van der Waals surface area contributed by atoms with Gasteiger partial charge in [-0.1, -0.05) is 18.2 Å². The molecule has 2 bridgehead atoms. The Bertz CT molecular complexity index is 656. The van der Waals surface area contributed by atoms with Crippen molar-refractivity contribution in [1.82, 2.24) is 15.5 Å². The van der Waals surface area contributed by atoms with Gasteiger partial charge in [-0.2, -0.15) is 0 Å². The Morgan fingerprint density at radius 1 is 0.966 bits per heavy atom. The lowest BCUT2D eigenvalue weighted by molar-refractivity contribution is -0.133. The zero-order valence-corrected chi connectivity index (χ0v) is 18.4. The average molecular weight is 443 g/mol. The van der Waals surface area contributed by atoms with Crippen LogP contribution in [-0.2, 0) is 9.59 Å². The number of hydrogen-bond donors (Lipinski definition) is 2. The standard InChI is InChI=1S/C21H30N4O2.2ClH/c26-20(14-16-12-17-6-7-18(13-16)23-17)22-15-21(27)25-10-8-24(9-11-25)19-4-2-1-3-5-19;;/h1-5,16-18,23H,6-15H2,(H,22,26);2*1H. The molecular formula is C21H32Cl2N4O2. The Kier molecular flexibility index (Phi) is 9.05. The fourth-order valence-corrected chi connectivity index (χ4v) is 4.82. The molecule has 8 heteroatoms. The van der Waals surface area contributed by atoms with E-state index >= 15 is 0 Å². The SMILES string of the molecule is Cl.Cl.O=C(CC1CC2CCC(C1)N2)NCC(=O)N1CCN(c2ccccc2)CC1. The smallest absolute Gasteiger partial charge is 0.242 e. The fourth-order valence-electron chi connectivity index (χ4n) is 4.82. The van der Waals surface area contributed by atoms with Crippen LogP contribution in [0.2, 0.25) is 0 Å². The summed E-state index contributed by atoms with van der Waals surface area (Å²) in [6.45, 7) is 3.22. The second-order valence-electron chi connectivity index (χ2n) is 8.16. The van der Waals surface area contributed by atoms with E-state index in [4.69, 9.17) is 0 Å². The van der Waals surface area contributed by atoms with Crippen molar-refractivity contribution in [2.75, 3.05) is 37.6 Å². The van der Waals surface area contributed by atoms with Gasteiger partial charge >= 0.3 is 0 Å². The van der Waals surface area contributed by atoms with Gasteiger partial charge < -0.3 is 20.4 Å². The lowest BCUT2D eigenvalue weighted by atomic mass is 9.89. The summed E-state index contributed by atoms with van der Waals surface area (Å²) in [6.07, 6.45) is 5.24. The summed E-state index contributed by atoms with van der Waals surface area (Å²) in [4.78, 5) is 28.9. The van der Waals surface area contributed by atoms with Gasteiger partial charge in [-0.15, -0.1) is 24.8 Å². The molecule has 3 aliphatic heterocycles. The van der Waals surface area contributed by atoms with E-state index in [0.29, 0.717) is 37.5 Å². The predicted molar refractivity (Wildman–Crippen MR) is 120 cm³/mol. The summed E-state index contributed by atoms with van der Waals surface area (Å²) < 4.78 is 0. The average Bonchev–Trinajstić information content (AvgIpc) is 3.05. The van der Waals surface area contributed by atoms with Crippen LogP contribution in [0, 0.1) is 5.92 Å². The van der Waals surface area contributed by atoms with Gasteiger partial charge in [-0.05, 0) is 43.7 Å². The molecule has 3 fully saturated rings. The Hall–Kier alpha value is -1.50. The Morgan fingerprint density at radius 3 is 2.21 bits per heavy atom. The van der Waals surface area contributed by atoms with Crippen molar-refractivity contribution in [1.29, 1.82) is 0 Å². The molecule has 0 aliphatic carbocycles. The quantitative estimate of drug-likeness (QED) is 0.733. The van der Waals surface area contributed by atoms with Crippen molar-refractivity contribution in [2.45, 2.75) is 44.2 Å². The van der Waals surface area contributed by atoms with Crippen LogP contribution in [0.4, 0.5) is 5.69 Å². The zero-order valence-electron chi connectivity index (χ0n) is 16.7. The Balaban J connectivity index is 0.00000150. The molecule has 0 radical (unpaired) electrons. The minimum Gasteiger partial charge on any atom is -0.368 e. The van der Waals surface area contributed by atoms with Crippen molar-refractivity contribution >= 4 is 42.3 Å². The van der Waals surface area contributed by atoms with Crippen LogP contribution in [0.15, 0.2) is 30.3 Å². The van der Waals surface area contributed by atoms with Gasteiger partial charge in [0.05, 0.1) is 6.54 Å². The molecule has 2 unspecified atom stereocenters. The monoisotopic (exact) mass is 442 g/mol. The molecule has 162 valence electrons. The Labute approximate surface area is 185 Å². The third-order valence-electron chi connectivity index (χ3n) is 6.24. The molecule has 2 atom stereocenters. The van der Waals surface area contributed by atoms with E-state index < -0.39 is 0 Å². The summed E-state index contributed by atoms with van der Waals surface area (Å²) in [6, 6.07) is 11.5. The first-order valence-corrected chi connectivity index (χ1v) is 10.3. The number of nitrogens with zero attached hydrogens (tertiary/aromatic N) is 2. The largest absolute Gasteiger partial charge is 0.368 e. The van der Waals surface area contributed by atoms with Crippen molar-refractivity contribution < 1.29 is 9.59 Å². The summed E-state index contributed by atoms with van der Waals surface area (Å²) >= 11 is 0. The first kappa shape index (κ1) is 23.8. The fraction of sp³-hybridized carbons (Fsp3) is 0.619. The summed E-state index contributed by atoms with van der Waals surface area (Å²) in [5, 5.41) is 6.46. The van der Waals surface area contributed by atoms with Crippen LogP contribution in [-0.4, -0.2) is 61.5 Å². The van der Waals surface area contributed by atoms with E-state index in [1.807, 2.05) is 23.1 Å². The van der Waals surface area contributed by atoms with Crippen molar-refractivity contribution in [3.05, 3.63) is 30.3 Å². The molecule has 3 aliphatic rings. The van der Waals surface area contributed by atoms with Gasteiger partial charge in [-0.25, -0.2) is 0 Å². The first-order chi connectivity index (χ1) is 13.2. The van der Waals surface area contributed by atoms with Crippen LogP contribution < -0.4 is 15.5 Å². The molecule has 29 heavy (non-hydrogen) atoms. The van der Waals surface area contributed by atoms with Gasteiger partial charge in [0.25, 0.3) is 0 Å². The molecule has 6 nitrogen and oxygen atoms in total. The number of carbonyl (C=O) groups is 2. The van der Waals surface area contributed by atoms with E-state index in [-0.39, 0.29) is 43.2 Å². The van der Waals surface area contributed by atoms with E-state index in [1.54, 1.807) is 0 Å². The maximum atomic E-state index is 12.4. The molecule has 3 heterocycles. The molecule has 1 aromatic rings. The van der Waals surface area contributed by atoms with Gasteiger partial charge in [0, 0.05) is 50.4 Å². The number of piperazine rings is 1. The van der Waals surface area contributed by atoms with Crippen LogP contribution >= 0.6 is 24.8 Å². The maximum Gasteiger partial charge on any atom is 0.242 e. The molecule has 2 N–H and O–H groups in total. The summed E-state index contributed by atoms with van der Waals surface area (Å²) in [5.74, 6) is 0.521. The van der Waals surface area contributed by atoms with Gasteiger partial charge in [0.1, 0.15) is 0 Å². The van der Waals surface area contributed by atoms with Crippen LogP contribution in [0.1, 0.15) is 32.1 Å². The van der Waals surface area contributed by atoms with Crippen molar-refractivity contribution in [2.24, 2.45) is 5.92 Å². The summed E-state index contributed by atoms with van der Waals surface area (Å²) in [5.41, 5.74) is 1.20. The predicted octanol–water partition coefficient (Wildman–Crippen LogP) is 2.22. The maximum absolute atomic E-state index is 12.4. The topological polar surface area (TPSA) is 64.7 Å². The van der Waals surface area contributed by atoms with Crippen LogP contribution in [0.5, 0.6) is 0 Å². The highest BCUT2D eigenvalue weighted by Gasteiger charge is 2.34. The number of piperidine rings is 1. The third kappa shape index (κ3) is 6.24. The molecule has 4 rings (SSSR count). The second kappa shape index (κ2) is 11.0. The number of nitrogens with one attached hydrogen (secondary N) is 2. The normalized spacial score (nSPS) is 25.6. The molecule has 2 amide bonds. The van der Waals surface area contributed by atoms with Crippen molar-refractivity contribution in [3.63, 3.8) is 0 Å². The van der Waals surface area contributed by atoms with E-state index in [2.05, 4.69) is 27.7 Å². The number of halogens is 2. The van der Waals surface area contributed by atoms with E-state index in [0.717, 1.165) is 25.9 Å². The number of anilines is 1. The lowest BCUT2D eigenvalue weighted by Crippen LogP contribution is -2.51. The number of rotatable bonds is 5. The number of amides is 2. The molecule has 1 aromatic carbocycles.